The molecule has 1 N–H and O–H groups in total. The zero-order valence-electron chi connectivity index (χ0n) is 11.0. The maximum absolute atomic E-state index is 12.0. The van der Waals surface area contributed by atoms with Crippen LogP contribution in [0, 0.1) is 0 Å². The summed E-state index contributed by atoms with van der Waals surface area (Å²) in [5, 5.41) is 2.84. The average molecular weight is 272 g/mol. The molecule has 5 heteroatoms. The van der Waals surface area contributed by atoms with Crippen molar-refractivity contribution in [1.82, 2.24) is 5.32 Å². The first-order chi connectivity index (χ1) is 8.43. The second kappa shape index (κ2) is 5.96. The Kier molecular flexibility index (Phi) is 4.84. The fourth-order valence-corrected chi connectivity index (χ4v) is 1.46. The van der Waals surface area contributed by atoms with Crippen LogP contribution in [0.1, 0.15) is 24.2 Å². The molecule has 1 rings (SSSR count). The molecule has 100 valence electrons. The van der Waals surface area contributed by atoms with Gasteiger partial charge in [0.25, 0.3) is 5.91 Å². The Labute approximate surface area is 112 Å². The Morgan fingerprint density at radius 1 is 1.28 bits per heavy atom. The molecule has 0 aromatic heterocycles. The lowest BCUT2D eigenvalue weighted by Crippen LogP contribution is -2.44. The van der Waals surface area contributed by atoms with E-state index in [4.69, 9.17) is 21.1 Å². The van der Waals surface area contributed by atoms with Gasteiger partial charge in [-0.15, -0.1) is 11.6 Å². The SMILES string of the molecule is COc1ccc(C(=O)NC(C)(C)CCl)cc1OC. The molecule has 4 nitrogen and oxygen atoms in total. The van der Waals surface area contributed by atoms with E-state index in [9.17, 15) is 4.79 Å². The summed E-state index contributed by atoms with van der Waals surface area (Å²) in [7, 11) is 3.08. The maximum atomic E-state index is 12.0. The molecule has 0 bridgehead atoms. The number of nitrogens with one attached hydrogen (secondary N) is 1. The maximum Gasteiger partial charge on any atom is 0.251 e. The third-order valence-electron chi connectivity index (χ3n) is 2.43. The van der Waals surface area contributed by atoms with Crippen molar-refractivity contribution in [3.8, 4) is 11.5 Å². The van der Waals surface area contributed by atoms with Gasteiger partial charge in [0, 0.05) is 17.0 Å². The molecule has 1 amide bonds. The lowest BCUT2D eigenvalue weighted by Gasteiger charge is -2.23. The van der Waals surface area contributed by atoms with Crippen LogP contribution in [-0.4, -0.2) is 31.5 Å². The molecule has 0 atom stereocenters. The molecule has 0 fully saturated rings. The molecule has 0 aliphatic rings. The Hall–Kier alpha value is -1.42. The highest BCUT2D eigenvalue weighted by molar-refractivity contribution is 6.18. The van der Waals surface area contributed by atoms with Gasteiger partial charge in [0.15, 0.2) is 11.5 Å². The zero-order chi connectivity index (χ0) is 13.8. The molecule has 0 heterocycles. The molecule has 0 unspecified atom stereocenters. The van der Waals surface area contributed by atoms with Crippen LogP contribution in [-0.2, 0) is 0 Å². The van der Waals surface area contributed by atoms with Crippen LogP contribution < -0.4 is 14.8 Å². The number of amides is 1. The fraction of sp³-hybridized carbons (Fsp3) is 0.462. The van der Waals surface area contributed by atoms with Crippen molar-refractivity contribution in [2.45, 2.75) is 19.4 Å². The molecule has 1 aromatic rings. The molecular formula is C13H18ClNO3. The van der Waals surface area contributed by atoms with Gasteiger partial charge in [0.05, 0.1) is 14.2 Å². The number of rotatable bonds is 5. The smallest absolute Gasteiger partial charge is 0.251 e. The Balaban J connectivity index is 2.93. The predicted molar refractivity (Wildman–Crippen MR) is 71.8 cm³/mol. The van der Waals surface area contributed by atoms with Gasteiger partial charge in [-0.3, -0.25) is 4.79 Å². The van der Waals surface area contributed by atoms with E-state index in [1.807, 2.05) is 13.8 Å². The zero-order valence-corrected chi connectivity index (χ0v) is 11.8. The summed E-state index contributed by atoms with van der Waals surface area (Å²) in [5.41, 5.74) is 0.0528. The second-order valence-electron chi connectivity index (χ2n) is 4.54. The molecule has 0 aliphatic heterocycles. The van der Waals surface area contributed by atoms with Crippen LogP contribution in [0.15, 0.2) is 18.2 Å². The summed E-state index contributed by atoms with van der Waals surface area (Å²) in [5.74, 6) is 1.26. The van der Waals surface area contributed by atoms with E-state index in [1.54, 1.807) is 25.3 Å². The number of alkyl halides is 1. The predicted octanol–water partition coefficient (Wildman–Crippen LogP) is 2.45. The molecule has 0 radical (unpaired) electrons. The summed E-state index contributed by atoms with van der Waals surface area (Å²) < 4.78 is 10.3. The van der Waals surface area contributed by atoms with Gasteiger partial charge in [0.1, 0.15) is 0 Å². The molecule has 1 aromatic carbocycles. The Morgan fingerprint density at radius 2 is 1.89 bits per heavy atom. The third-order valence-corrected chi connectivity index (χ3v) is 3.10. The van der Waals surface area contributed by atoms with Gasteiger partial charge in [-0.05, 0) is 32.0 Å². The van der Waals surface area contributed by atoms with Crippen LogP contribution in [0.2, 0.25) is 0 Å². The van der Waals surface area contributed by atoms with Crippen LogP contribution in [0.5, 0.6) is 11.5 Å². The average Bonchev–Trinajstić information content (AvgIpc) is 2.37. The minimum Gasteiger partial charge on any atom is -0.493 e. The van der Waals surface area contributed by atoms with Crippen molar-refractivity contribution in [1.29, 1.82) is 0 Å². The minimum atomic E-state index is -0.453. The summed E-state index contributed by atoms with van der Waals surface area (Å²) in [6.45, 7) is 3.72. The van der Waals surface area contributed by atoms with E-state index in [2.05, 4.69) is 5.32 Å². The van der Waals surface area contributed by atoms with Gasteiger partial charge >= 0.3 is 0 Å². The second-order valence-corrected chi connectivity index (χ2v) is 4.81. The standard InChI is InChI=1S/C13H18ClNO3/c1-13(2,8-14)15-12(16)9-5-6-10(17-3)11(7-9)18-4/h5-7H,8H2,1-4H3,(H,15,16). The first-order valence-electron chi connectivity index (χ1n) is 5.54. The van der Waals surface area contributed by atoms with Crippen molar-refractivity contribution < 1.29 is 14.3 Å². The van der Waals surface area contributed by atoms with Gasteiger partial charge in [-0.25, -0.2) is 0 Å². The van der Waals surface area contributed by atoms with Gasteiger partial charge < -0.3 is 14.8 Å². The topological polar surface area (TPSA) is 47.6 Å². The van der Waals surface area contributed by atoms with Crippen molar-refractivity contribution in [2.24, 2.45) is 0 Å². The summed E-state index contributed by atoms with van der Waals surface area (Å²) in [6.07, 6.45) is 0. The van der Waals surface area contributed by atoms with Crippen LogP contribution in [0.4, 0.5) is 0 Å². The van der Waals surface area contributed by atoms with E-state index in [1.165, 1.54) is 7.11 Å². The van der Waals surface area contributed by atoms with Crippen LogP contribution in [0.25, 0.3) is 0 Å². The van der Waals surface area contributed by atoms with Gasteiger partial charge in [-0.1, -0.05) is 0 Å². The summed E-state index contributed by atoms with van der Waals surface area (Å²) in [4.78, 5) is 12.0. The number of hydrogen-bond acceptors (Lipinski definition) is 3. The van der Waals surface area contributed by atoms with Gasteiger partial charge in [0.2, 0.25) is 0 Å². The van der Waals surface area contributed by atoms with Crippen LogP contribution in [0.3, 0.4) is 0 Å². The molecule has 0 spiro atoms. The first-order valence-corrected chi connectivity index (χ1v) is 6.07. The summed E-state index contributed by atoms with van der Waals surface area (Å²) >= 11 is 5.77. The van der Waals surface area contributed by atoms with Crippen LogP contribution >= 0.6 is 11.6 Å². The molecular weight excluding hydrogens is 254 g/mol. The number of halogens is 1. The van der Waals surface area contributed by atoms with Crippen molar-refractivity contribution in [3.63, 3.8) is 0 Å². The van der Waals surface area contributed by atoms with E-state index in [-0.39, 0.29) is 5.91 Å². The molecule has 0 aliphatic carbocycles. The molecule has 0 saturated carbocycles. The van der Waals surface area contributed by atoms with Crippen molar-refractivity contribution in [2.75, 3.05) is 20.1 Å². The molecule has 0 saturated heterocycles. The minimum absolute atomic E-state index is 0.193. The lowest BCUT2D eigenvalue weighted by molar-refractivity contribution is 0.0920. The number of ether oxygens (including phenoxy) is 2. The van der Waals surface area contributed by atoms with E-state index < -0.39 is 5.54 Å². The highest BCUT2D eigenvalue weighted by atomic mass is 35.5. The number of carbonyl (C=O) groups is 1. The largest absolute Gasteiger partial charge is 0.493 e. The van der Waals surface area contributed by atoms with Crippen molar-refractivity contribution in [3.05, 3.63) is 23.8 Å². The summed E-state index contributed by atoms with van der Waals surface area (Å²) in [6, 6.07) is 5.01. The lowest BCUT2D eigenvalue weighted by atomic mass is 10.1. The number of benzene rings is 1. The quantitative estimate of drug-likeness (QED) is 0.837. The van der Waals surface area contributed by atoms with E-state index >= 15 is 0 Å². The van der Waals surface area contributed by atoms with Gasteiger partial charge in [-0.2, -0.15) is 0 Å². The number of hydrogen-bond donors (Lipinski definition) is 1. The number of methoxy groups -OCH3 is 2. The third kappa shape index (κ3) is 3.53. The van der Waals surface area contributed by atoms with E-state index in [0.717, 1.165) is 0 Å². The molecule has 18 heavy (non-hydrogen) atoms. The Bertz CT molecular complexity index is 432. The highest BCUT2D eigenvalue weighted by Crippen LogP contribution is 2.27. The highest BCUT2D eigenvalue weighted by Gasteiger charge is 2.20. The van der Waals surface area contributed by atoms with E-state index in [0.29, 0.717) is 22.9 Å². The fourth-order valence-electron chi connectivity index (χ4n) is 1.39. The number of carbonyl (C=O) groups excluding carboxylic acids is 1. The Morgan fingerprint density at radius 3 is 2.39 bits per heavy atom. The van der Waals surface area contributed by atoms with Crippen molar-refractivity contribution >= 4 is 17.5 Å². The first kappa shape index (κ1) is 14.6. The monoisotopic (exact) mass is 271 g/mol. The normalized spacial score (nSPS) is 10.9.